The minimum absolute atomic E-state index is 0.0146. The van der Waals surface area contributed by atoms with Gasteiger partial charge in [-0.2, -0.15) is 5.26 Å². The number of alkyl carbamates (subject to hydrolysis) is 1. The summed E-state index contributed by atoms with van der Waals surface area (Å²) < 4.78 is 5.27. The largest absolute Gasteiger partial charge is 0.445 e. The predicted octanol–water partition coefficient (Wildman–Crippen LogP) is 3.69. The summed E-state index contributed by atoms with van der Waals surface area (Å²) in [5.74, 6) is 0. The number of nitrogens with one attached hydrogen (secondary N) is 2. The van der Waals surface area contributed by atoms with Crippen LogP contribution in [0, 0.1) is 11.3 Å². The van der Waals surface area contributed by atoms with Crippen molar-refractivity contribution < 1.29 is 9.53 Å². The summed E-state index contributed by atoms with van der Waals surface area (Å²) in [4.78, 5) is 12.1. The monoisotopic (exact) mass is 349 g/mol. The third-order valence-corrected chi connectivity index (χ3v) is 4.90. The molecule has 134 valence electrons. The lowest BCUT2D eigenvalue weighted by Gasteiger charge is -2.46. The van der Waals surface area contributed by atoms with Gasteiger partial charge in [0.05, 0.1) is 12.1 Å². The molecule has 0 aromatic heterocycles. The molecule has 0 radical (unpaired) electrons. The predicted molar refractivity (Wildman–Crippen MR) is 99.1 cm³/mol. The number of carbonyl (C=O) groups excluding carboxylic acids is 1. The van der Waals surface area contributed by atoms with Crippen molar-refractivity contribution >= 4 is 6.09 Å². The zero-order chi connectivity index (χ0) is 18.4. The molecule has 0 bridgehead atoms. The normalized spacial score (nSPS) is 22.5. The lowest BCUT2D eigenvalue weighted by atomic mass is 9.72. The fourth-order valence-electron chi connectivity index (χ4n) is 3.23. The van der Waals surface area contributed by atoms with Crippen molar-refractivity contribution in [3.8, 4) is 6.07 Å². The summed E-state index contributed by atoms with van der Waals surface area (Å²) >= 11 is 0. The van der Waals surface area contributed by atoms with Gasteiger partial charge in [0.25, 0.3) is 0 Å². The highest BCUT2D eigenvalue weighted by Gasteiger charge is 2.49. The van der Waals surface area contributed by atoms with E-state index in [9.17, 15) is 10.1 Å². The first-order chi connectivity index (χ1) is 12.6. The quantitative estimate of drug-likeness (QED) is 0.834. The molecule has 1 aliphatic rings. The molecular formula is C21H23N3O2. The Bertz CT molecular complexity index is 773. The molecule has 0 unspecified atom stereocenters. The number of nitriles is 1. The summed E-state index contributed by atoms with van der Waals surface area (Å²) in [5.41, 5.74) is 1.28. The van der Waals surface area contributed by atoms with E-state index in [2.05, 4.69) is 16.7 Å². The van der Waals surface area contributed by atoms with E-state index in [4.69, 9.17) is 4.74 Å². The number of ether oxygens (including phenoxy) is 1. The maximum atomic E-state index is 12.1. The Labute approximate surface area is 154 Å². The molecule has 0 heterocycles. The van der Waals surface area contributed by atoms with Gasteiger partial charge in [-0.25, -0.2) is 4.79 Å². The van der Waals surface area contributed by atoms with Crippen molar-refractivity contribution in [2.75, 3.05) is 0 Å². The number of carbonyl (C=O) groups is 1. The van der Waals surface area contributed by atoms with Crippen molar-refractivity contribution in [1.82, 2.24) is 10.6 Å². The molecule has 5 nitrogen and oxygen atoms in total. The van der Waals surface area contributed by atoms with Gasteiger partial charge in [0, 0.05) is 6.04 Å². The molecule has 2 aromatic rings. The minimum Gasteiger partial charge on any atom is -0.445 e. The Kier molecular flexibility index (Phi) is 5.55. The molecule has 3 rings (SSSR count). The van der Waals surface area contributed by atoms with Crippen LogP contribution in [0.4, 0.5) is 4.79 Å². The van der Waals surface area contributed by atoms with E-state index in [1.807, 2.05) is 67.6 Å². The molecule has 1 fully saturated rings. The van der Waals surface area contributed by atoms with E-state index >= 15 is 0 Å². The molecule has 0 spiro atoms. The maximum Gasteiger partial charge on any atom is 0.407 e. The number of hydrogen-bond acceptors (Lipinski definition) is 4. The average Bonchev–Trinajstić information content (AvgIpc) is 2.69. The van der Waals surface area contributed by atoms with Gasteiger partial charge < -0.3 is 10.1 Å². The van der Waals surface area contributed by atoms with E-state index in [1.165, 1.54) is 0 Å². The molecule has 1 aliphatic carbocycles. The second-order valence-electron chi connectivity index (χ2n) is 6.66. The SMILES string of the molecule is C[C@H](N[C@]1(C#N)CC[C@H]1NC(=O)OCc1ccccc1)c1ccccc1. The first-order valence-electron chi connectivity index (χ1n) is 8.84. The van der Waals surface area contributed by atoms with Gasteiger partial charge in [-0.3, -0.25) is 5.32 Å². The highest BCUT2D eigenvalue weighted by atomic mass is 16.5. The van der Waals surface area contributed by atoms with Gasteiger partial charge in [0.15, 0.2) is 0 Å². The highest BCUT2D eigenvalue weighted by molar-refractivity contribution is 5.68. The van der Waals surface area contributed by atoms with Gasteiger partial charge in [0.1, 0.15) is 12.1 Å². The number of rotatable bonds is 6. The second kappa shape index (κ2) is 8.03. The van der Waals surface area contributed by atoms with Gasteiger partial charge in [-0.1, -0.05) is 60.7 Å². The van der Waals surface area contributed by atoms with Crippen LogP contribution in [0.2, 0.25) is 0 Å². The summed E-state index contributed by atoms with van der Waals surface area (Å²) in [6.45, 7) is 2.24. The van der Waals surface area contributed by atoms with Crippen molar-refractivity contribution in [2.45, 2.75) is 44.0 Å². The molecule has 1 amide bonds. The fraction of sp³-hybridized carbons (Fsp3) is 0.333. The van der Waals surface area contributed by atoms with Crippen LogP contribution in [0.25, 0.3) is 0 Å². The topological polar surface area (TPSA) is 74.2 Å². The molecule has 2 aromatic carbocycles. The fourth-order valence-corrected chi connectivity index (χ4v) is 3.23. The van der Waals surface area contributed by atoms with E-state index in [1.54, 1.807) is 0 Å². The van der Waals surface area contributed by atoms with Crippen LogP contribution >= 0.6 is 0 Å². The first-order valence-corrected chi connectivity index (χ1v) is 8.84. The number of amides is 1. The second-order valence-corrected chi connectivity index (χ2v) is 6.66. The van der Waals surface area contributed by atoms with Crippen molar-refractivity contribution in [2.24, 2.45) is 0 Å². The molecule has 0 aliphatic heterocycles. The number of benzene rings is 2. The Morgan fingerprint density at radius 3 is 2.46 bits per heavy atom. The van der Waals surface area contributed by atoms with Crippen LogP contribution in [-0.4, -0.2) is 17.7 Å². The lowest BCUT2D eigenvalue weighted by molar-refractivity contribution is 0.107. The standard InChI is InChI=1S/C21H23N3O2/c1-16(18-10-6-3-7-11-18)24-21(15-22)13-12-19(21)23-20(25)26-14-17-8-4-2-5-9-17/h2-11,16,19,24H,12-14H2,1H3,(H,23,25)/t16-,19+,21-/m0/s1. The van der Waals surface area contributed by atoms with Crippen molar-refractivity contribution in [1.29, 1.82) is 5.26 Å². The Hall–Kier alpha value is -2.84. The Morgan fingerprint density at radius 2 is 1.88 bits per heavy atom. The summed E-state index contributed by atoms with van der Waals surface area (Å²) in [7, 11) is 0. The Balaban J connectivity index is 1.56. The number of nitrogens with zero attached hydrogens (tertiary/aromatic N) is 1. The van der Waals surface area contributed by atoms with Gasteiger partial charge in [-0.15, -0.1) is 0 Å². The van der Waals surface area contributed by atoms with Crippen LogP contribution in [0.3, 0.4) is 0 Å². The summed E-state index contributed by atoms with van der Waals surface area (Å²) in [6.07, 6.45) is 0.958. The van der Waals surface area contributed by atoms with E-state index in [-0.39, 0.29) is 18.7 Å². The van der Waals surface area contributed by atoms with E-state index in [0.29, 0.717) is 6.42 Å². The Morgan fingerprint density at radius 1 is 1.23 bits per heavy atom. The van der Waals surface area contributed by atoms with Crippen LogP contribution in [0.5, 0.6) is 0 Å². The van der Waals surface area contributed by atoms with Crippen LogP contribution in [0.1, 0.15) is 36.9 Å². The third-order valence-electron chi connectivity index (χ3n) is 4.90. The molecule has 3 atom stereocenters. The zero-order valence-electron chi connectivity index (χ0n) is 14.8. The molecule has 1 saturated carbocycles. The molecular weight excluding hydrogens is 326 g/mol. The lowest BCUT2D eigenvalue weighted by Crippen LogP contribution is -2.67. The van der Waals surface area contributed by atoms with Gasteiger partial charge in [-0.05, 0) is 30.9 Å². The minimum atomic E-state index is -0.763. The smallest absolute Gasteiger partial charge is 0.407 e. The number of hydrogen-bond donors (Lipinski definition) is 2. The molecule has 26 heavy (non-hydrogen) atoms. The van der Waals surface area contributed by atoms with E-state index < -0.39 is 11.6 Å². The highest BCUT2D eigenvalue weighted by Crippen LogP contribution is 2.34. The summed E-state index contributed by atoms with van der Waals surface area (Å²) in [5, 5.41) is 16.0. The third kappa shape index (κ3) is 4.04. The van der Waals surface area contributed by atoms with Crippen LogP contribution in [0.15, 0.2) is 60.7 Å². The van der Waals surface area contributed by atoms with Crippen LogP contribution < -0.4 is 10.6 Å². The molecule has 2 N–H and O–H groups in total. The van der Waals surface area contributed by atoms with Crippen LogP contribution in [-0.2, 0) is 11.3 Å². The first kappa shape index (κ1) is 18.0. The van der Waals surface area contributed by atoms with E-state index in [0.717, 1.165) is 17.5 Å². The van der Waals surface area contributed by atoms with Gasteiger partial charge in [0.2, 0.25) is 0 Å². The zero-order valence-corrected chi connectivity index (χ0v) is 14.8. The maximum absolute atomic E-state index is 12.1. The van der Waals surface area contributed by atoms with Crippen molar-refractivity contribution in [3.63, 3.8) is 0 Å². The van der Waals surface area contributed by atoms with Gasteiger partial charge >= 0.3 is 6.09 Å². The average molecular weight is 349 g/mol. The van der Waals surface area contributed by atoms with Crippen molar-refractivity contribution in [3.05, 3.63) is 71.8 Å². The summed E-state index contributed by atoms with van der Waals surface area (Å²) in [6, 6.07) is 21.6. The molecule has 5 heteroatoms. The molecule has 0 saturated heterocycles.